The smallest absolute Gasteiger partial charge is 0.436 e. The third kappa shape index (κ3) is 12.8. The molecule has 1 atom stereocenters. The second-order valence-corrected chi connectivity index (χ2v) is 31.3. The van der Waals surface area contributed by atoms with Gasteiger partial charge < -0.3 is 20.6 Å². The highest BCUT2D eigenvalue weighted by Gasteiger charge is 2.49. The van der Waals surface area contributed by atoms with Gasteiger partial charge in [0, 0.05) is 6.55 Å². The molecular formula is C14H39O5Si6. The summed E-state index contributed by atoms with van der Waals surface area (Å²) in [6.07, 6.45) is 0. The van der Waals surface area contributed by atoms with Crippen molar-refractivity contribution in [3.05, 3.63) is 12.3 Å². The van der Waals surface area contributed by atoms with Crippen LogP contribution in [0.4, 0.5) is 0 Å². The fourth-order valence-electron chi connectivity index (χ4n) is 2.38. The van der Waals surface area contributed by atoms with Gasteiger partial charge in [0.05, 0.1) is 0 Å². The minimum atomic E-state index is -2.84. The highest BCUT2D eigenvalue weighted by molar-refractivity contribution is 6.91. The van der Waals surface area contributed by atoms with Gasteiger partial charge in [-0.2, -0.15) is 0 Å². The van der Waals surface area contributed by atoms with Gasteiger partial charge in [-0.25, -0.2) is 0 Å². The molecule has 0 fully saturated rings. The van der Waals surface area contributed by atoms with Crippen molar-refractivity contribution >= 4 is 51.6 Å². The van der Waals surface area contributed by atoms with Crippen LogP contribution in [0.5, 0.6) is 0 Å². The predicted octanol–water partition coefficient (Wildman–Crippen LogP) is 5.06. The minimum Gasteiger partial charge on any atom is -0.436 e. The van der Waals surface area contributed by atoms with E-state index in [1.807, 2.05) is 25.3 Å². The van der Waals surface area contributed by atoms with Crippen molar-refractivity contribution in [1.29, 1.82) is 0 Å². The first kappa shape index (κ1) is 25.8. The summed E-state index contributed by atoms with van der Waals surface area (Å²) in [7, 11) is -12.2. The summed E-state index contributed by atoms with van der Waals surface area (Å²) in [6.45, 7) is 29.5. The second-order valence-electron chi connectivity index (χ2n) is 9.42. The summed E-state index contributed by atoms with van der Waals surface area (Å²) < 4.78 is 31.8. The topological polar surface area (TPSA) is 46.2 Å². The van der Waals surface area contributed by atoms with E-state index in [9.17, 15) is 0 Å². The number of hydrogen-bond acceptors (Lipinski definition) is 5. The largest absolute Gasteiger partial charge is 0.468 e. The maximum Gasteiger partial charge on any atom is 0.468 e. The van der Waals surface area contributed by atoms with Crippen LogP contribution in [0.2, 0.25) is 78.6 Å². The molecule has 0 aliphatic carbocycles. The summed E-state index contributed by atoms with van der Waals surface area (Å²) in [5, 5.41) is 0. The van der Waals surface area contributed by atoms with Gasteiger partial charge in [-0.1, -0.05) is 5.70 Å². The molecule has 0 bridgehead atoms. The average molecular weight is 456 g/mol. The van der Waals surface area contributed by atoms with Crippen LogP contribution < -0.4 is 0 Å². The Hall–Kier alpha value is 0.841. The van der Waals surface area contributed by atoms with Crippen LogP contribution >= 0.6 is 0 Å². The standard InChI is InChI=1S/C14H39O5Si6/c1-14-24(12,16-20(2)15-21(3,4)5)19-25(13,17-22(6,7)8)18-23(9,10)11/h14H,1H2,2-13H3. The monoisotopic (exact) mass is 455 g/mol. The van der Waals surface area contributed by atoms with Gasteiger partial charge in [0.2, 0.25) is 0 Å². The first-order valence-corrected chi connectivity index (χ1v) is 25.4. The van der Waals surface area contributed by atoms with Gasteiger partial charge in [-0.05, 0) is 72.0 Å². The normalized spacial score (nSPS) is 16.8. The molecule has 0 aliphatic rings. The lowest BCUT2D eigenvalue weighted by atomic mass is 11.3. The third-order valence-corrected chi connectivity index (χ3v) is 20.6. The molecule has 0 saturated carbocycles. The fourth-order valence-corrected chi connectivity index (χ4v) is 23.3. The van der Waals surface area contributed by atoms with E-state index in [1.165, 1.54) is 0 Å². The third-order valence-electron chi connectivity index (χ3n) is 2.54. The van der Waals surface area contributed by atoms with Crippen LogP contribution in [0.1, 0.15) is 0 Å². The van der Waals surface area contributed by atoms with Crippen molar-refractivity contribution in [1.82, 2.24) is 0 Å². The van der Waals surface area contributed by atoms with E-state index < -0.39 is 51.6 Å². The van der Waals surface area contributed by atoms with Gasteiger partial charge in [-0.3, -0.25) is 0 Å². The molecule has 0 rings (SSSR count). The average Bonchev–Trinajstić information content (AvgIpc) is 2.18. The van der Waals surface area contributed by atoms with Crippen molar-refractivity contribution in [3.63, 3.8) is 0 Å². The van der Waals surface area contributed by atoms with Gasteiger partial charge in [-0.15, -0.1) is 6.58 Å². The van der Waals surface area contributed by atoms with E-state index in [2.05, 4.69) is 65.5 Å². The first-order valence-electron chi connectivity index (χ1n) is 8.74. The minimum absolute atomic E-state index is 1.41. The van der Waals surface area contributed by atoms with Crippen LogP contribution in [-0.2, 0) is 20.6 Å². The Morgan fingerprint density at radius 3 is 1.32 bits per heavy atom. The first-order chi connectivity index (χ1) is 10.8. The zero-order valence-corrected chi connectivity index (χ0v) is 24.3. The maximum atomic E-state index is 6.54. The quantitative estimate of drug-likeness (QED) is 0.407. The molecule has 0 aromatic heterocycles. The molecule has 1 radical (unpaired) electrons. The molecule has 1 unspecified atom stereocenters. The van der Waals surface area contributed by atoms with Gasteiger partial charge in [0.1, 0.15) is 0 Å². The molecule has 0 spiro atoms. The Kier molecular flexibility index (Phi) is 9.19. The lowest BCUT2D eigenvalue weighted by molar-refractivity contribution is 0.234. The van der Waals surface area contributed by atoms with Crippen LogP contribution in [0.3, 0.4) is 0 Å². The Balaban J connectivity index is 5.41. The summed E-state index contributed by atoms with van der Waals surface area (Å²) in [5.41, 5.74) is 1.82. The molecule has 149 valence electrons. The molecule has 0 aliphatic heterocycles. The molecular weight excluding hydrogens is 417 g/mol. The van der Waals surface area contributed by atoms with Gasteiger partial charge in [0.15, 0.2) is 25.0 Å². The second kappa shape index (κ2) is 8.90. The van der Waals surface area contributed by atoms with Gasteiger partial charge >= 0.3 is 26.6 Å². The molecule has 0 heterocycles. The van der Waals surface area contributed by atoms with Crippen molar-refractivity contribution < 1.29 is 20.6 Å². The molecule has 0 N–H and O–H groups in total. The predicted molar refractivity (Wildman–Crippen MR) is 121 cm³/mol. The van der Waals surface area contributed by atoms with Crippen molar-refractivity contribution in [2.75, 3.05) is 0 Å². The Bertz CT molecular complexity index is 426. The Labute approximate surface area is 162 Å². The molecule has 0 aromatic carbocycles. The molecule has 11 heteroatoms. The van der Waals surface area contributed by atoms with E-state index in [1.54, 1.807) is 0 Å². The lowest BCUT2D eigenvalue weighted by Gasteiger charge is -2.41. The highest BCUT2D eigenvalue weighted by Crippen LogP contribution is 2.27. The molecule has 0 aromatic rings. The van der Waals surface area contributed by atoms with Crippen LogP contribution in [0, 0.1) is 0 Å². The van der Waals surface area contributed by atoms with Crippen molar-refractivity contribution in [2.24, 2.45) is 0 Å². The Morgan fingerprint density at radius 1 is 0.640 bits per heavy atom. The summed E-state index contributed by atoms with van der Waals surface area (Å²) in [5.74, 6) is 0. The Morgan fingerprint density at radius 2 is 1.04 bits per heavy atom. The van der Waals surface area contributed by atoms with E-state index in [0.29, 0.717) is 0 Å². The summed E-state index contributed by atoms with van der Waals surface area (Å²) >= 11 is 0. The van der Waals surface area contributed by atoms with E-state index in [-0.39, 0.29) is 0 Å². The molecule has 25 heavy (non-hydrogen) atoms. The van der Waals surface area contributed by atoms with E-state index >= 15 is 0 Å². The lowest BCUT2D eigenvalue weighted by Crippen LogP contribution is -2.61. The zero-order chi connectivity index (χ0) is 20.3. The zero-order valence-electron chi connectivity index (χ0n) is 18.3. The van der Waals surface area contributed by atoms with Gasteiger partial charge in [0.25, 0.3) is 0 Å². The van der Waals surface area contributed by atoms with Crippen LogP contribution in [0.25, 0.3) is 0 Å². The SMILES string of the molecule is C=C[Si](C)(O[Si](C)O[Si](C)(C)C)O[Si](C)(O[Si](C)(C)C)O[Si](C)(C)C. The molecule has 0 saturated heterocycles. The molecule has 0 amide bonds. The molecule has 5 nitrogen and oxygen atoms in total. The summed E-state index contributed by atoms with van der Waals surface area (Å²) in [6, 6.07) is 0. The van der Waals surface area contributed by atoms with Crippen LogP contribution in [0.15, 0.2) is 12.3 Å². The maximum absolute atomic E-state index is 6.54. The van der Waals surface area contributed by atoms with Crippen LogP contribution in [-0.4, -0.2) is 51.6 Å². The van der Waals surface area contributed by atoms with E-state index in [4.69, 9.17) is 20.6 Å². The number of rotatable bonds is 11. The number of hydrogen-bond donors (Lipinski definition) is 0. The summed E-state index contributed by atoms with van der Waals surface area (Å²) in [4.78, 5) is 0. The van der Waals surface area contributed by atoms with Crippen molar-refractivity contribution in [3.8, 4) is 0 Å². The van der Waals surface area contributed by atoms with E-state index in [0.717, 1.165) is 0 Å². The highest BCUT2D eigenvalue weighted by atomic mass is 28.5. The van der Waals surface area contributed by atoms with Crippen molar-refractivity contribution in [2.45, 2.75) is 78.6 Å². The fraction of sp³-hybridized carbons (Fsp3) is 0.857.